The fourth-order valence-electron chi connectivity index (χ4n) is 6.34. The molecular formula is C32H36ClN7O2. The Hall–Kier alpha value is -3.87. The van der Waals surface area contributed by atoms with Crippen molar-refractivity contribution in [1.82, 2.24) is 20.2 Å². The number of benzene rings is 2. The number of nitriles is 1. The summed E-state index contributed by atoms with van der Waals surface area (Å²) < 4.78 is 6.31. The van der Waals surface area contributed by atoms with Crippen LogP contribution in [0.15, 0.2) is 49.1 Å². The summed E-state index contributed by atoms with van der Waals surface area (Å²) >= 11 is 6.69. The highest BCUT2D eigenvalue weighted by atomic mass is 35.5. The summed E-state index contributed by atoms with van der Waals surface area (Å²) in [6.45, 7) is 8.12. The normalized spacial score (nSPS) is 19.3. The van der Waals surface area contributed by atoms with Crippen molar-refractivity contribution >= 4 is 39.8 Å². The van der Waals surface area contributed by atoms with Crippen LogP contribution in [-0.4, -0.2) is 73.2 Å². The van der Waals surface area contributed by atoms with Gasteiger partial charge in [-0.05, 0) is 49.9 Å². The summed E-state index contributed by atoms with van der Waals surface area (Å²) in [5.41, 5.74) is 3.25. The zero-order chi connectivity index (χ0) is 29.3. The Morgan fingerprint density at radius 2 is 2.02 bits per heavy atom. The van der Waals surface area contributed by atoms with Gasteiger partial charge in [-0.3, -0.25) is 4.79 Å². The molecule has 0 radical (unpaired) electrons. The third-order valence-electron chi connectivity index (χ3n) is 8.78. The van der Waals surface area contributed by atoms with Gasteiger partial charge in [0.2, 0.25) is 5.91 Å². The number of carbonyl (C=O) groups excluding carboxylic acids is 1. The van der Waals surface area contributed by atoms with Crippen LogP contribution in [0.1, 0.15) is 30.5 Å². The predicted molar refractivity (Wildman–Crippen MR) is 165 cm³/mol. The molecule has 2 aliphatic heterocycles. The molecular weight excluding hydrogens is 550 g/mol. The zero-order valence-corrected chi connectivity index (χ0v) is 24.7. The smallest absolute Gasteiger partial charge is 0.318 e. The van der Waals surface area contributed by atoms with Crippen LogP contribution < -0.4 is 19.9 Å². The quantitative estimate of drug-likeness (QED) is 0.370. The number of amides is 1. The van der Waals surface area contributed by atoms with E-state index < -0.39 is 0 Å². The minimum absolute atomic E-state index is 0.133. The number of fused-ring (bicyclic) bond motifs is 2. The Morgan fingerprint density at radius 3 is 2.76 bits per heavy atom. The van der Waals surface area contributed by atoms with Crippen LogP contribution in [0.4, 0.5) is 11.5 Å². The number of halogens is 1. The number of aromatic nitrogens is 2. The van der Waals surface area contributed by atoms with Crippen LogP contribution in [0.5, 0.6) is 6.01 Å². The lowest BCUT2D eigenvalue weighted by molar-refractivity contribution is -0.128. The maximum absolute atomic E-state index is 12.5. The molecule has 1 aliphatic carbocycles. The SMILES string of the molecule is C=CC(=O)N1CCN(c2nc(OCC3(CNC)CC3)nc3c2CCN(c2cccc4cccc(Cl)c24)C3)CC1CC#N. The van der Waals surface area contributed by atoms with E-state index in [9.17, 15) is 10.1 Å². The monoisotopic (exact) mass is 585 g/mol. The highest BCUT2D eigenvalue weighted by Crippen LogP contribution is 2.45. The molecule has 2 fully saturated rings. The molecule has 2 aromatic carbocycles. The van der Waals surface area contributed by atoms with Crippen molar-refractivity contribution in [3.63, 3.8) is 0 Å². The van der Waals surface area contributed by atoms with Gasteiger partial charge in [-0.15, -0.1) is 0 Å². The molecule has 3 aliphatic rings. The van der Waals surface area contributed by atoms with Crippen LogP contribution in [0.3, 0.4) is 0 Å². The molecule has 10 heteroatoms. The summed E-state index contributed by atoms with van der Waals surface area (Å²) in [7, 11) is 1.97. The molecule has 1 amide bonds. The first kappa shape index (κ1) is 28.3. The maximum atomic E-state index is 12.5. The van der Waals surface area contributed by atoms with Crippen molar-refractivity contribution in [3.8, 4) is 12.1 Å². The summed E-state index contributed by atoms with van der Waals surface area (Å²) in [5.74, 6) is 0.699. The fraction of sp³-hybridized carbons (Fsp3) is 0.438. The van der Waals surface area contributed by atoms with E-state index in [0.717, 1.165) is 70.9 Å². The van der Waals surface area contributed by atoms with Gasteiger partial charge < -0.3 is 24.8 Å². The average Bonchev–Trinajstić information content (AvgIpc) is 3.78. The van der Waals surface area contributed by atoms with Crippen molar-refractivity contribution in [2.24, 2.45) is 5.41 Å². The van der Waals surface area contributed by atoms with Crippen LogP contribution >= 0.6 is 11.6 Å². The minimum atomic E-state index is -0.243. The number of hydrogen-bond donors (Lipinski definition) is 1. The number of anilines is 2. The molecule has 1 saturated carbocycles. The molecule has 1 saturated heterocycles. The Balaban J connectivity index is 1.34. The minimum Gasteiger partial charge on any atom is -0.463 e. The number of carbonyl (C=O) groups is 1. The van der Waals surface area contributed by atoms with Gasteiger partial charge in [-0.25, -0.2) is 0 Å². The van der Waals surface area contributed by atoms with Gasteiger partial charge in [0, 0.05) is 54.8 Å². The van der Waals surface area contributed by atoms with E-state index in [-0.39, 0.29) is 23.8 Å². The van der Waals surface area contributed by atoms with Crippen molar-refractivity contribution in [2.45, 2.75) is 38.3 Å². The number of rotatable bonds is 9. The molecule has 1 atom stereocenters. The lowest BCUT2D eigenvalue weighted by Crippen LogP contribution is -2.55. The molecule has 1 unspecified atom stereocenters. The van der Waals surface area contributed by atoms with Crippen LogP contribution in [0.2, 0.25) is 5.02 Å². The van der Waals surface area contributed by atoms with Gasteiger partial charge in [0.05, 0.1) is 42.4 Å². The summed E-state index contributed by atoms with van der Waals surface area (Å²) in [6.07, 6.45) is 4.57. The molecule has 3 heterocycles. The van der Waals surface area contributed by atoms with Gasteiger partial charge >= 0.3 is 6.01 Å². The Kier molecular flexibility index (Phi) is 7.93. The van der Waals surface area contributed by atoms with Crippen LogP contribution in [-0.2, 0) is 17.8 Å². The predicted octanol–water partition coefficient (Wildman–Crippen LogP) is 4.34. The van der Waals surface area contributed by atoms with Crippen LogP contribution in [0.25, 0.3) is 10.8 Å². The number of nitrogens with zero attached hydrogens (tertiary/aromatic N) is 6. The second-order valence-electron chi connectivity index (χ2n) is 11.6. The van der Waals surface area contributed by atoms with Gasteiger partial charge in [0.25, 0.3) is 0 Å². The molecule has 3 aromatic rings. The van der Waals surface area contributed by atoms with E-state index in [2.05, 4.69) is 52.0 Å². The van der Waals surface area contributed by atoms with Crippen molar-refractivity contribution in [1.29, 1.82) is 5.26 Å². The molecule has 6 rings (SSSR count). The maximum Gasteiger partial charge on any atom is 0.318 e. The molecule has 42 heavy (non-hydrogen) atoms. The summed E-state index contributed by atoms with van der Waals surface area (Å²) in [6, 6.07) is 14.7. The fourth-order valence-corrected chi connectivity index (χ4v) is 6.62. The standard InChI is InChI=1S/C32H36ClN7O2/c1-3-28(41)40-17-16-39(18-23(40)10-14-34)30-24-11-15-38(27-9-5-7-22-6-4-8-25(33)29(22)27)19-26(24)36-31(37-30)42-21-32(12-13-32)20-35-2/h3-9,23,35H,1,10-13,15-21H2,2H3. The zero-order valence-electron chi connectivity index (χ0n) is 24.0. The molecule has 1 N–H and O–H groups in total. The second-order valence-corrected chi connectivity index (χ2v) is 12.0. The first-order chi connectivity index (χ1) is 20.4. The summed E-state index contributed by atoms with van der Waals surface area (Å²) in [4.78, 5) is 28.7. The highest BCUT2D eigenvalue weighted by Gasteiger charge is 2.43. The first-order valence-corrected chi connectivity index (χ1v) is 15.0. The molecule has 218 valence electrons. The Labute approximate surface area is 251 Å². The molecule has 0 bridgehead atoms. The lowest BCUT2D eigenvalue weighted by Gasteiger charge is -2.42. The summed E-state index contributed by atoms with van der Waals surface area (Å²) in [5, 5.41) is 15.7. The van der Waals surface area contributed by atoms with Gasteiger partial charge in [-0.2, -0.15) is 15.2 Å². The first-order valence-electron chi connectivity index (χ1n) is 14.6. The van der Waals surface area contributed by atoms with E-state index in [4.69, 9.17) is 26.3 Å². The highest BCUT2D eigenvalue weighted by molar-refractivity contribution is 6.36. The van der Waals surface area contributed by atoms with Gasteiger partial charge in [0.15, 0.2) is 0 Å². The van der Waals surface area contributed by atoms with E-state index in [0.29, 0.717) is 38.8 Å². The van der Waals surface area contributed by atoms with Crippen molar-refractivity contribution < 1.29 is 9.53 Å². The molecule has 0 spiro atoms. The second kappa shape index (κ2) is 11.8. The average molecular weight is 586 g/mol. The lowest BCUT2D eigenvalue weighted by atomic mass is 10.0. The van der Waals surface area contributed by atoms with Gasteiger partial charge in [0.1, 0.15) is 5.82 Å². The van der Waals surface area contributed by atoms with E-state index in [1.807, 2.05) is 19.2 Å². The Morgan fingerprint density at radius 1 is 1.21 bits per heavy atom. The molecule has 1 aromatic heterocycles. The third kappa shape index (κ3) is 5.49. The topological polar surface area (TPSA) is 97.6 Å². The van der Waals surface area contributed by atoms with Crippen molar-refractivity contribution in [2.75, 3.05) is 56.2 Å². The van der Waals surface area contributed by atoms with E-state index >= 15 is 0 Å². The van der Waals surface area contributed by atoms with Crippen molar-refractivity contribution in [3.05, 3.63) is 65.3 Å². The number of ether oxygens (including phenoxy) is 1. The van der Waals surface area contributed by atoms with Crippen LogP contribution in [0, 0.1) is 16.7 Å². The molecule has 9 nitrogen and oxygen atoms in total. The number of nitrogens with one attached hydrogen (secondary N) is 1. The van der Waals surface area contributed by atoms with E-state index in [1.54, 1.807) is 4.90 Å². The number of piperazine rings is 1. The third-order valence-corrected chi connectivity index (χ3v) is 9.09. The largest absolute Gasteiger partial charge is 0.463 e. The van der Waals surface area contributed by atoms with Gasteiger partial charge in [-0.1, -0.05) is 42.4 Å². The Bertz CT molecular complexity index is 1540. The number of hydrogen-bond acceptors (Lipinski definition) is 8. The van der Waals surface area contributed by atoms with E-state index in [1.165, 1.54) is 6.08 Å².